The third kappa shape index (κ3) is 2.96. The van der Waals surface area contributed by atoms with Crippen molar-refractivity contribution in [3.63, 3.8) is 0 Å². The van der Waals surface area contributed by atoms with E-state index in [-0.39, 0.29) is 0 Å². The number of benzene rings is 1. The molecule has 0 heterocycles. The summed E-state index contributed by atoms with van der Waals surface area (Å²) in [6, 6.07) is 5.15. The van der Waals surface area contributed by atoms with Crippen LogP contribution >= 0.6 is 14.3 Å². The van der Waals surface area contributed by atoms with Gasteiger partial charge in [-0.3, -0.25) is 0 Å². The summed E-state index contributed by atoms with van der Waals surface area (Å²) in [5.41, 5.74) is 6.27. The number of nitrogen functional groups attached to an aromatic ring is 1. The number of hydrogen-bond acceptors (Lipinski definition) is 3. The highest BCUT2D eigenvalue weighted by atomic mass is 31.2. The summed E-state index contributed by atoms with van der Waals surface area (Å²) in [4.78, 5) is 0. The van der Waals surface area contributed by atoms with E-state index in [1.807, 2.05) is 0 Å². The third-order valence-electron chi connectivity index (χ3n) is 2.22. The first kappa shape index (κ1) is 12.5. The van der Waals surface area contributed by atoms with E-state index >= 15 is 0 Å². The molecule has 0 saturated carbocycles. The Morgan fingerprint density at radius 1 is 1.00 bits per heavy atom. The number of rotatable bonds is 2. The SMILES string of the molecule is CP(C)(=O)c1ccc(N)c(P(C)(C)=O)c1. The molecule has 1 aromatic rings. The molecule has 2 N–H and O–H groups in total. The maximum absolute atomic E-state index is 11.9. The highest BCUT2D eigenvalue weighted by Gasteiger charge is 2.19. The van der Waals surface area contributed by atoms with Gasteiger partial charge >= 0.3 is 0 Å². The lowest BCUT2D eigenvalue weighted by molar-refractivity contribution is 0.588. The Balaban J connectivity index is 3.43. The number of hydrogen-bond donors (Lipinski definition) is 1. The standard InChI is InChI=1S/C10H17NO2P2/c1-14(2,12)8-5-6-9(11)10(7-8)15(3,4)13/h5-7H,11H2,1-4H3. The molecule has 1 rings (SSSR count). The summed E-state index contributed by atoms with van der Waals surface area (Å²) in [5.74, 6) is 0. The van der Waals surface area contributed by atoms with Gasteiger partial charge in [-0.25, -0.2) is 0 Å². The first-order valence-electron chi connectivity index (χ1n) is 4.63. The molecule has 1 aromatic carbocycles. The van der Waals surface area contributed by atoms with Gasteiger partial charge in [-0.05, 0) is 44.9 Å². The molecule has 15 heavy (non-hydrogen) atoms. The van der Waals surface area contributed by atoms with Crippen molar-refractivity contribution in [1.29, 1.82) is 0 Å². The van der Waals surface area contributed by atoms with Crippen molar-refractivity contribution in [2.45, 2.75) is 0 Å². The normalized spacial score (nSPS) is 12.8. The molecular formula is C10H17NO2P2. The Morgan fingerprint density at radius 3 is 1.93 bits per heavy atom. The van der Waals surface area contributed by atoms with Gasteiger partial charge in [-0.1, -0.05) is 0 Å². The molecule has 5 heteroatoms. The Bertz CT molecular complexity index is 470. The minimum Gasteiger partial charge on any atom is -0.398 e. The van der Waals surface area contributed by atoms with E-state index in [1.165, 1.54) is 0 Å². The molecule has 0 fully saturated rings. The fourth-order valence-electron chi connectivity index (χ4n) is 1.33. The predicted octanol–water partition coefficient (Wildman–Crippen LogP) is 1.76. The van der Waals surface area contributed by atoms with Gasteiger partial charge in [0.2, 0.25) is 0 Å². The zero-order chi connectivity index (χ0) is 11.9. The van der Waals surface area contributed by atoms with Crippen molar-refractivity contribution in [2.75, 3.05) is 32.4 Å². The van der Waals surface area contributed by atoms with E-state index in [0.717, 1.165) is 5.30 Å². The molecule has 0 saturated heterocycles. The van der Waals surface area contributed by atoms with Crippen molar-refractivity contribution in [1.82, 2.24) is 0 Å². The van der Waals surface area contributed by atoms with Gasteiger partial charge in [0, 0.05) is 16.3 Å². The maximum Gasteiger partial charge on any atom is 0.111 e. The Hall–Kier alpha value is -0.520. The van der Waals surface area contributed by atoms with Gasteiger partial charge in [0.25, 0.3) is 0 Å². The van der Waals surface area contributed by atoms with Gasteiger partial charge in [-0.15, -0.1) is 0 Å². The van der Waals surface area contributed by atoms with Crippen LogP contribution in [0.4, 0.5) is 5.69 Å². The van der Waals surface area contributed by atoms with Crippen LogP contribution in [-0.2, 0) is 9.13 Å². The fourth-order valence-corrected chi connectivity index (χ4v) is 3.46. The lowest BCUT2D eigenvalue weighted by atomic mass is 10.3. The molecule has 84 valence electrons. The highest BCUT2D eigenvalue weighted by Crippen LogP contribution is 2.40. The molecule has 0 atom stereocenters. The Morgan fingerprint density at radius 2 is 1.53 bits per heavy atom. The zero-order valence-corrected chi connectivity index (χ0v) is 11.3. The van der Waals surface area contributed by atoms with E-state index in [2.05, 4.69) is 0 Å². The number of anilines is 1. The van der Waals surface area contributed by atoms with E-state index < -0.39 is 14.3 Å². The fraction of sp³-hybridized carbons (Fsp3) is 0.400. The summed E-state index contributed by atoms with van der Waals surface area (Å²) in [5, 5.41) is 1.36. The molecule has 0 radical (unpaired) electrons. The largest absolute Gasteiger partial charge is 0.398 e. The van der Waals surface area contributed by atoms with E-state index in [0.29, 0.717) is 11.0 Å². The molecule has 3 nitrogen and oxygen atoms in total. The van der Waals surface area contributed by atoms with Crippen LogP contribution in [0.3, 0.4) is 0 Å². The van der Waals surface area contributed by atoms with Crippen LogP contribution in [0.15, 0.2) is 18.2 Å². The van der Waals surface area contributed by atoms with Crippen molar-refractivity contribution < 1.29 is 9.13 Å². The van der Waals surface area contributed by atoms with Gasteiger partial charge in [0.05, 0.1) is 0 Å². The maximum atomic E-state index is 11.9. The number of nitrogens with two attached hydrogens (primary N) is 1. The van der Waals surface area contributed by atoms with Gasteiger partial charge in [-0.2, -0.15) is 0 Å². The Labute approximate surface area is 90.8 Å². The molecular weight excluding hydrogens is 228 g/mol. The summed E-state index contributed by atoms with van der Waals surface area (Å²) < 4.78 is 23.8. The van der Waals surface area contributed by atoms with Crippen molar-refractivity contribution >= 4 is 30.6 Å². The van der Waals surface area contributed by atoms with Crippen LogP contribution in [0.1, 0.15) is 0 Å². The topological polar surface area (TPSA) is 60.2 Å². The molecule has 0 aliphatic rings. The predicted molar refractivity (Wildman–Crippen MR) is 69.0 cm³/mol. The van der Waals surface area contributed by atoms with Crippen LogP contribution in [0, 0.1) is 0 Å². The van der Waals surface area contributed by atoms with Crippen LogP contribution in [0.25, 0.3) is 0 Å². The highest BCUT2D eigenvalue weighted by molar-refractivity contribution is 7.71. The molecule has 0 aromatic heterocycles. The first-order valence-corrected chi connectivity index (χ1v) is 9.83. The van der Waals surface area contributed by atoms with Gasteiger partial charge < -0.3 is 14.9 Å². The smallest absolute Gasteiger partial charge is 0.111 e. The second-order valence-corrected chi connectivity index (χ2v) is 10.8. The molecule has 0 amide bonds. The van der Waals surface area contributed by atoms with Crippen molar-refractivity contribution in [3.05, 3.63) is 18.2 Å². The van der Waals surface area contributed by atoms with Crippen LogP contribution < -0.4 is 16.3 Å². The summed E-state index contributed by atoms with van der Waals surface area (Å²) in [6.07, 6.45) is 0. The average Bonchev–Trinajstić information content (AvgIpc) is 2.00. The first-order chi connectivity index (χ1) is 6.62. The van der Waals surface area contributed by atoms with Crippen LogP contribution in [-0.4, -0.2) is 26.7 Å². The quantitative estimate of drug-likeness (QED) is 0.638. The van der Waals surface area contributed by atoms with Crippen LogP contribution in [0.2, 0.25) is 0 Å². The lowest BCUT2D eigenvalue weighted by Gasteiger charge is -2.14. The average molecular weight is 245 g/mol. The minimum absolute atomic E-state index is 0.514. The molecule has 0 spiro atoms. The molecule has 0 unspecified atom stereocenters. The second kappa shape index (κ2) is 3.81. The monoisotopic (exact) mass is 245 g/mol. The summed E-state index contributed by atoms with van der Waals surface area (Å²) in [7, 11) is -4.71. The molecule has 0 aliphatic heterocycles. The summed E-state index contributed by atoms with van der Waals surface area (Å²) >= 11 is 0. The summed E-state index contributed by atoms with van der Waals surface area (Å²) in [6.45, 7) is 6.72. The van der Waals surface area contributed by atoms with Crippen molar-refractivity contribution in [2.24, 2.45) is 0 Å². The lowest BCUT2D eigenvalue weighted by Crippen LogP contribution is -2.16. The Kier molecular flexibility index (Phi) is 3.19. The van der Waals surface area contributed by atoms with Gasteiger partial charge in [0.1, 0.15) is 14.3 Å². The zero-order valence-electron chi connectivity index (χ0n) is 9.52. The third-order valence-corrected chi connectivity index (χ3v) is 5.29. The minimum atomic E-state index is -2.40. The second-order valence-electron chi connectivity index (χ2n) is 4.44. The van der Waals surface area contributed by atoms with Gasteiger partial charge in [0.15, 0.2) is 0 Å². The van der Waals surface area contributed by atoms with E-state index in [1.54, 1.807) is 44.9 Å². The van der Waals surface area contributed by atoms with Crippen LogP contribution in [0.5, 0.6) is 0 Å². The van der Waals surface area contributed by atoms with E-state index in [4.69, 9.17) is 5.73 Å². The van der Waals surface area contributed by atoms with Crippen molar-refractivity contribution in [3.8, 4) is 0 Å². The van der Waals surface area contributed by atoms with E-state index in [9.17, 15) is 9.13 Å². The molecule has 0 aliphatic carbocycles. The molecule has 0 bridgehead atoms.